The van der Waals surface area contributed by atoms with E-state index < -0.39 is 0 Å². The van der Waals surface area contributed by atoms with Crippen LogP contribution in [0.15, 0.2) is 53.0 Å². The molecule has 2 aromatic carbocycles. The summed E-state index contributed by atoms with van der Waals surface area (Å²) in [5.74, 6) is 1.13. The van der Waals surface area contributed by atoms with Crippen molar-refractivity contribution in [3.63, 3.8) is 0 Å². The van der Waals surface area contributed by atoms with E-state index in [2.05, 4.69) is 44.0 Å². The second-order valence-corrected chi connectivity index (χ2v) is 6.09. The van der Waals surface area contributed by atoms with Crippen LogP contribution in [0.3, 0.4) is 0 Å². The van der Waals surface area contributed by atoms with Crippen LogP contribution in [0.1, 0.15) is 11.5 Å². The van der Waals surface area contributed by atoms with Crippen LogP contribution in [0.4, 0.5) is 0 Å². The second-order valence-electron chi connectivity index (χ2n) is 4.15. The molecule has 0 spiro atoms. The van der Waals surface area contributed by atoms with E-state index in [1.807, 2.05) is 36.4 Å². The van der Waals surface area contributed by atoms with Gasteiger partial charge in [0.1, 0.15) is 5.75 Å². The molecule has 0 aliphatic rings. The van der Waals surface area contributed by atoms with Gasteiger partial charge in [0.15, 0.2) is 0 Å². The van der Waals surface area contributed by atoms with E-state index in [1.54, 1.807) is 0 Å². The smallest absolute Gasteiger partial charge is 0.133 e. The van der Waals surface area contributed by atoms with Gasteiger partial charge in [-0.25, -0.2) is 0 Å². The zero-order chi connectivity index (χ0) is 13.7. The van der Waals surface area contributed by atoms with Crippen LogP contribution >= 0.6 is 43.5 Å². The third-order valence-electron chi connectivity index (χ3n) is 2.79. The lowest BCUT2D eigenvalue weighted by Crippen LogP contribution is -2.11. The van der Waals surface area contributed by atoms with Crippen LogP contribution in [0, 0.1) is 0 Å². The van der Waals surface area contributed by atoms with E-state index in [-0.39, 0.29) is 0 Å². The molecule has 0 saturated heterocycles. The molecule has 0 radical (unpaired) electrons. The van der Waals surface area contributed by atoms with Gasteiger partial charge in [-0.05, 0) is 39.7 Å². The van der Waals surface area contributed by atoms with Gasteiger partial charge in [0, 0.05) is 16.3 Å². The fourth-order valence-electron chi connectivity index (χ4n) is 1.74. The summed E-state index contributed by atoms with van der Waals surface area (Å²) < 4.78 is 6.74. The van der Waals surface area contributed by atoms with Crippen molar-refractivity contribution in [3.05, 3.63) is 63.6 Å². The van der Waals surface area contributed by atoms with Crippen LogP contribution < -0.4 is 4.74 Å². The second kappa shape index (κ2) is 7.32. The molecule has 100 valence electrons. The maximum absolute atomic E-state index is 5.91. The van der Waals surface area contributed by atoms with E-state index in [0.29, 0.717) is 17.5 Å². The largest absolute Gasteiger partial charge is 0.492 e. The predicted octanol–water partition coefficient (Wildman–Crippen LogP) is 5.66. The number of benzene rings is 2. The molecule has 0 aliphatic carbocycles. The number of alkyl halides is 1. The number of hydrogen-bond donors (Lipinski definition) is 0. The molecule has 0 saturated carbocycles. The molecule has 1 unspecified atom stereocenters. The fourth-order valence-corrected chi connectivity index (χ4v) is 3.10. The quantitative estimate of drug-likeness (QED) is 0.584. The van der Waals surface area contributed by atoms with Crippen LogP contribution in [0.5, 0.6) is 5.75 Å². The average Bonchev–Trinajstić information content (AvgIpc) is 2.43. The van der Waals surface area contributed by atoms with E-state index >= 15 is 0 Å². The molecule has 0 aromatic heterocycles. The number of hydrogen-bond acceptors (Lipinski definition) is 1. The van der Waals surface area contributed by atoms with Gasteiger partial charge in [-0.1, -0.05) is 57.9 Å². The molecule has 2 aromatic rings. The van der Waals surface area contributed by atoms with Gasteiger partial charge in [0.2, 0.25) is 0 Å². The minimum Gasteiger partial charge on any atom is -0.492 e. The standard InChI is InChI=1S/C15H13Br2ClO/c16-9-12(11-4-2-1-3-5-11)10-19-15-7-6-13(18)8-14(15)17/h1-8,12H,9-10H2. The van der Waals surface area contributed by atoms with Gasteiger partial charge in [-0.3, -0.25) is 0 Å². The van der Waals surface area contributed by atoms with E-state index in [4.69, 9.17) is 16.3 Å². The summed E-state index contributed by atoms with van der Waals surface area (Å²) >= 11 is 12.9. The van der Waals surface area contributed by atoms with Crippen LogP contribution in [-0.4, -0.2) is 11.9 Å². The highest BCUT2D eigenvalue weighted by Crippen LogP contribution is 2.29. The normalized spacial score (nSPS) is 12.2. The van der Waals surface area contributed by atoms with Crippen LogP contribution in [-0.2, 0) is 0 Å². The summed E-state index contributed by atoms with van der Waals surface area (Å²) in [4.78, 5) is 0. The molecule has 2 rings (SSSR count). The monoisotopic (exact) mass is 402 g/mol. The van der Waals surface area contributed by atoms with Gasteiger partial charge in [0.05, 0.1) is 11.1 Å². The number of ether oxygens (including phenoxy) is 1. The van der Waals surface area contributed by atoms with Gasteiger partial charge < -0.3 is 4.74 Å². The summed E-state index contributed by atoms with van der Waals surface area (Å²) in [7, 11) is 0. The van der Waals surface area contributed by atoms with Crippen molar-refractivity contribution in [1.82, 2.24) is 0 Å². The highest BCUT2D eigenvalue weighted by atomic mass is 79.9. The molecular weight excluding hydrogens is 391 g/mol. The van der Waals surface area contributed by atoms with Crippen LogP contribution in [0.25, 0.3) is 0 Å². The van der Waals surface area contributed by atoms with E-state index in [0.717, 1.165) is 15.6 Å². The Morgan fingerprint density at radius 3 is 2.47 bits per heavy atom. The molecular formula is C15H13Br2ClO. The molecule has 0 bridgehead atoms. The molecule has 1 atom stereocenters. The van der Waals surface area contributed by atoms with Crippen molar-refractivity contribution >= 4 is 43.5 Å². The Kier molecular flexibility index (Phi) is 5.74. The first-order valence-electron chi connectivity index (χ1n) is 5.89. The summed E-state index contributed by atoms with van der Waals surface area (Å²) in [5.41, 5.74) is 1.27. The molecule has 0 fully saturated rings. The Balaban J connectivity index is 2.04. The Morgan fingerprint density at radius 1 is 1.11 bits per heavy atom. The lowest BCUT2D eigenvalue weighted by molar-refractivity contribution is 0.296. The maximum Gasteiger partial charge on any atom is 0.133 e. The van der Waals surface area contributed by atoms with Gasteiger partial charge in [0.25, 0.3) is 0 Å². The predicted molar refractivity (Wildman–Crippen MR) is 87.6 cm³/mol. The molecule has 0 aliphatic heterocycles. The SMILES string of the molecule is Clc1ccc(OCC(CBr)c2ccccc2)c(Br)c1. The first-order chi connectivity index (χ1) is 9.20. The number of halogens is 3. The van der Waals surface area contributed by atoms with Gasteiger partial charge >= 0.3 is 0 Å². The molecule has 19 heavy (non-hydrogen) atoms. The Morgan fingerprint density at radius 2 is 1.84 bits per heavy atom. The van der Waals surface area contributed by atoms with Crippen LogP contribution in [0.2, 0.25) is 5.02 Å². The maximum atomic E-state index is 5.91. The molecule has 4 heteroatoms. The molecule has 1 nitrogen and oxygen atoms in total. The summed E-state index contributed by atoms with van der Waals surface area (Å²) in [6.45, 7) is 0.621. The Bertz CT molecular complexity index is 531. The topological polar surface area (TPSA) is 9.23 Å². The Hall–Kier alpha value is -0.510. The third-order valence-corrected chi connectivity index (χ3v) is 4.43. The summed E-state index contributed by atoms with van der Waals surface area (Å²) in [5, 5.41) is 1.56. The minimum atomic E-state index is 0.323. The average molecular weight is 405 g/mol. The van der Waals surface area contributed by atoms with Crippen molar-refractivity contribution in [3.8, 4) is 5.75 Å². The molecule has 0 heterocycles. The molecule has 0 amide bonds. The summed E-state index contributed by atoms with van der Waals surface area (Å²) in [6.07, 6.45) is 0. The Labute approximate surface area is 135 Å². The van der Waals surface area contributed by atoms with Gasteiger partial charge in [-0.2, -0.15) is 0 Å². The zero-order valence-corrected chi connectivity index (χ0v) is 14.1. The lowest BCUT2D eigenvalue weighted by atomic mass is 10.0. The zero-order valence-electron chi connectivity index (χ0n) is 10.2. The van der Waals surface area contributed by atoms with Crippen molar-refractivity contribution in [2.45, 2.75) is 5.92 Å². The van der Waals surface area contributed by atoms with E-state index in [9.17, 15) is 0 Å². The fraction of sp³-hybridized carbons (Fsp3) is 0.200. The third kappa shape index (κ3) is 4.23. The van der Waals surface area contributed by atoms with Crippen molar-refractivity contribution in [2.75, 3.05) is 11.9 Å². The van der Waals surface area contributed by atoms with E-state index in [1.165, 1.54) is 5.56 Å². The molecule has 0 N–H and O–H groups in total. The number of rotatable bonds is 5. The van der Waals surface area contributed by atoms with Crippen molar-refractivity contribution < 1.29 is 4.74 Å². The lowest BCUT2D eigenvalue weighted by Gasteiger charge is -2.16. The minimum absolute atomic E-state index is 0.323. The highest BCUT2D eigenvalue weighted by molar-refractivity contribution is 9.10. The first-order valence-corrected chi connectivity index (χ1v) is 8.18. The summed E-state index contributed by atoms with van der Waals surface area (Å²) in [6, 6.07) is 15.9. The first kappa shape index (κ1) is 14.9. The van der Waals surface area contributed by atoms with Gasteiger partial charge in [-0.15, -0.1) is 0 Å². The van der Waals surface area contributed by atoms with Crippen molar-refractivity contribution in [1.29, 1.82) is 0 Å². The van der Waals surface area contributed by atoms with Crippen molar-refractivity contribution in [2.24, 2.45) is 0 Å². The highest BCUT2D eigenvalue weighted by Gasteiger charge is 2.11.